The molecule has 3 aromatic carbocycles. The summed E-state index contributed by atoms with van der Waals surface area (Å²) < 4.78 is 11.0. The van der Waals surface area contributed by atoms with Gasteiger partial charge in [0.05, 0.1) is 13.0 Å². The number of hydrogen-bond donors (Lipinski definition) is 0. The molecule has 5 heteroatoms. The van der Waals surface area contributed by atoms with Gasteiger partial charge in [0, 0.05) is 11.3 Å². The number of rotatable bonds is 8. The van der Waals surface area contributed by atoms with Gasteiger partial charge in [0.25, 0.3) is 0 Å². The minimum atomic E-state index is -0.446. The summed E-state index contributed by atoms with van der Waals surface area (Å²) in [5.41, 5.74) is 1.39. The molecule has 0 unspecified atom stereocenters. The zero-order valence-corrected chi connectivity index (χ0v) is 16.3. The number of esters is 1. The van der Waals surface area contributed by atoms with Crippen LogP contribution in [0.15, 0.2) is 84.9 Å². The number of carbonyl (C=O) groups is 2. The monoisotopic (exact) mass is 389 g/mol. The van der Waals surface area contributed by atoms with Crippen LogP contribution in [0.4, 0.5) is 5.69 Å². The van der Waals surface area contributed by atoms with Crippen molar-refractivity contribution in [3.05, 3.63) is 90.5 Å². The molecular weight excluding hydrogens is 366 g/mol. The van der Waals surface area contributed by atoms with Crippen LogP contribution < -0.4 is 9.64 Å². The minimum Gasteiger partial charge on any atom is -0.465 e. The van der Waals surface area contributed by atoms with E-state index in [0.717, 1.165) is 5.56 Å². The van der Waals surface area contributed by atoms with Crippen molar-refractivity contribution in [2.75, 3.05) is 18.1 Å². The van der Waals surface area contributed by atoms with E-state index < -0.39 is 5.97 Å². The molecule has 0 heterocycles. The van der Waals surface area contributed by atoms with Crippen molar-refractivity contribution in [2.45, 2.75) is 13.3 Å². The number of ether oxygens (including phenoxy) is 2. The van der Waals surface area contributed by atoms with Crippen LogP contribution in [0.25, 0.3) is 0 Å². The molecule has 5 nitrogen and oxygen atoms in total. The van der Waals surface area contributed by atoms with E-state index in [0.29, 0.717) is 17.2 Å². The second kappa shape index (κ2) is 10.1. The maximum Gasteiger partial charge on any atom is 0.326 e. The van der Waals surface area contributed by atoms with Crippen LogP contribution in [0.1, 0.15) is 12.5 Å². The van der Waals surface area contributed by atoms with Crippen LogP contribution in [0.5, 0.6) is 11.5 Å². The SMILES string of the molecule is CCOC(=O)CN(C(=O)Cc1ccccc1Oc1ccccc1)c1ccccc1. The third-order valence-corrected chi connectivity index (χ3v) is 4.25. The zero-order valence-electron chi connectivity index (χ0n) is 16.3. The summed E-state index contributed by atoms with van der Waals surface area (Å²) in [5, 5.41) is 0. The molecule has 3 rings (SSSR count). The number of para-hydroxylation sites is 3. The maximum atomic E-state index is 13.1. The van der Waals surface area contributed by atoms with E-state index in [1.165, 1.54) is 4.90 Å². The molecule has 0 saturated heterocycles. The van der Waals surface area contributed by atoms with Crippen molar-refractivity contribution in [3.63, 3.8) is 0 Å². The Balaban J connectivity index is 1.81. The van der Waals surface area contributed by atoms with Gasteiger partial charge in [0.15, 0.2) is 0 Å². The summed E-state index contributed by atoms with van der Waals surface area (Å²) in [6, 6.07) is 25.9. The van der Waals surface area contributed by atoms with Crippen molar-refractivity contribution >= 4 is 17.6 Å². The lowest BCUT2D eigenvalue weighted by atomic mass is 10.1. The van der Waals surface area contributed by atoms with Crippen molar-refractivity contribution < 1.29 is 19.1 Å². The van der Waals surface area contributed by atoms with Gasteiger partial charge in [0.2, 0.25) is 5.91 Å². The predicted octanol–water partition coefficient (Wildman–Crippen LogP) is 4.62. The molecule has 148 valence electrons. The van der Waals surface area contributed by atoms with Crippen LogP contribution in [-0.2, 0) is 20.7 Å². The van der Waals surface area contributed by atoms with Gasteiger partial charge in [-0.1, -0.05) is 54.6 Å². The fourth-order valence-corrected chi connectivity index (χ4v) is 2.89. The molecule has 0 fully saturated rings. The number of nitrogens with zero attached hydrogens (tertiary/aromatic N) is 1. The first-order valence-corrected chi connectivity index (χ1v) is 9.49. The standard InChI is InChI=1S/C24H23NO4/c1-2-28-24(27)18-25(20-12-5-3-6-13-20)23(26)17-19-11-9-10-16-22(19)29-21-14-7-4-8-15-21/h3-16H,2,17-18H2,1H3. The minimum absolute atomic E-state index is 0.0945. The molecule has 0 saturated carbocycles. The van der Waals surface area contributed by atoms with Crippen molar-refractivity contribution in [3.8, 4) is 11.5 Å². The first-order valence-electron chi connectivity index (χ1n) is 9.49. The van der Waals surface area contributed by atoms with Gasteiger partial charge < -0.3 is 14.4 Å². The highest BCUT2D eigenvalue weighted by molar-refractivity contribution is 5.99. The largest absolute Gasteiger partial charge is 0.465 e. The zero-order chi connectivity index (χ0) is 20.5. The number of hydrogen-bond acceptors (Lipinski definition) is 4. The summed E-state index contributed by atoms with van der Waals surface area (Å²) in [4.78, 5) is 26.6. The quantitative estimate of drug-likeness (QED) is 0.528. The third-order valence-electron chi connectivity index (χ3n) is 4.25. The number of carbonyl (C=O) groups excluding carboxylic acids is 2. The third kappa shape index (κ3) is 5.69. The van der Waals surface area contributed by atoms with Crippen molar-refractivity contribution in [2.24, 2.45) is 0 Å². The van der Waals surface area contributed by atoms with Gasteiger partial charge in [-0.05, 0) is 37.3 Å². The molecule has 0 spiro atoms. The highest BCUT2D eigenvalue weighted by Gasteiger charge is 2.21. The lowest BCUT2D eigenvalue weighted by Gasteiger charge is -2.22. The van der Waals surface area contributed by atoms with E-state index in [1.807, 2.05) is 72.8 Å². The molecule has 3 aromatic rings. The molecule has 0 radical (unpaired) electrons. The summed E-state index contributed by atoms with van der Waals surface area (Å²) in [6.45, 7) is 1.87. The van der Waals surface area contributed by atoms with Gasteiger partial charge in [-0.3, -0.25) is 9.59 Å². The van der Waals surface area contributed by atoms with Crippen LogP contribution >= 0.6 is 0 Å². The van der Waals surface area contributed by atoms with Gasteiger partial charge in [-0.2, -0.15) is 0 Å². The average Bonchev–Trinajstić information content (AvgIpc) is 2.75. The Morgan fingerprint density at radius 3 is 2.14 bits per heavy atom. The average molecular weight is 389 g/mol. The lowest BCUT2D eigenvalue weighted by Crippen LogP contribution is -2.37. The predicted molar refractivity (Wildman–Crippen MR) is 112 cm³/mol. The van der Waals surface area contributed by atoms with Gasteiger partial charge in [0.1, 0.15) is 18.0 Å². The van der Waals surface area contributed by atoms with Gasteiger partial charge in [-0.25, -0.2) is 0 Å². The second-order valence-electron chi connectivity index (χ2n) is 6.32. The normalized spacial score (nSPS) is 10.2. The number of amides is 1. The molecule has 0 aromatic heterocycles. The van der Waals surface area contributed by atoms with Crippen LogP contribution in [0.3, 0.4) is 0 Å². The van der Waals surface area contributed by atoms with Crippen molar-refractivity contribution in [1.82, 2.24) is 0 Å². The van der Waals surface area contributed by atoms with Crippen LogP contribution in [-0.4, -0.2) is 25.0 Å². The first-order chi connectivity index (χ1) is 14.2. The Hall–Kier alpha value is -3.60. The summed E-state index contributed by atoms with van der Waals surface area (Å²) >= 11 is 0. The molecule has 0 N–H and O–H groups in total. The molecule has 0 aliphatic rings. The van der Waals surface area contributed by atoms with Gasteiger partial charge in [-0.15, -0.1) is 0 Å². The molecule has 1 amide bonds. The highest BCUT2D eigenvalue weighted by atomic mass is 16.5. The van der Waals surface area contributed by atoms with E-state index >= 15 is 0 Å². The van der Waals surface area contributed by atoms with Crippen LogP contribution in [0, 0.1) is 0 Å². The first kappa shape index (κ1) is 20.1. The number of anilines is 1. The van der Waals surface area contributed by atoms with E-state index in [1.54, 1.807) is 19.1 Å². The molecule has 29 heavy (non-hydrogen) atoms. The highest BCUT2D eigenvalue weighted by Crippen LogP contribution is 2.26. The Labute approximate surface area is 170 Å². The van der Waals surface area contributed by atoms with E-state index in [2.05, 4.69) is 0 Å². The number of benzene rings is 3. The molecule has 0 aliphatic heterocycles. The van der Waals surface area contributed by atoms with Crippen molar-refractivity contribution in [1.29, 1.82) is 0 Å². The van der Waals surface area contributed by atoms with Gasteiger partial charge >= 0.3 is 5.97 Å². The molecule has 0 atom stereocenters. The molecule has 0 bridgehead atoms. The summed E-state index contributed by atoms with van der Waals surface area (Å²) in [7, 11) is 0. The van der Waals surface area contributed by atoms with E-state index in [4.69, 9.17) is 9.47 Å². The van der Waals surface area contributed by atoms with Crippen LogP contribution in [0.2, 0.25) is 0 Å². The Kier molecular flexibility index (Phi) is 7.00. The van der Waals surface area contributed by atoms with E-state index in [-0.39, 0.29) is 25.5 Å². The smallest absolute Gasteiger partial charge is 0.326 e. The lowest BCUT2D eigenvalue weighted by molar-refractivity contribution is -0.142. The summed E-state index contributed by atoms with van der Waals surface area (Å²) in [5.74, 6) is 0.641. The topological polar surface area (TPSA) is 55.8 Å². The Bertz CT molecular complexity index is 941. The molecule has 0 aliphatic carbocycles. The Morgan fingerprint density at radius 1 is 0.828 bits per heavy atom. The summed E-state index contributed by atoms with van der Waals surface area (Å²) in [6.07, 6.45) is 0.0945. The Morgan fingerprint density at radius 2 is 1.45 bits per heavy atom. The van der Waals surface area contributed by atoms with E-state index in [9.17, 15) is 9.59 Å². The second-order valence-corrected chi connectivity index (χ2v) is 6.32. The molecular formula is C24H23NO4. The fourth-order valence-electron chi connectivity index (χ4n) is 2.89. The fraction of sp³-hybridized carbons (Fsp3) is 0.167. The maximum absolute atomic E-state index is 13.1.